The third-order valence-electron chi connectivity index (χ3n) is 3.50. The second kappa shape index (κ2) is 5.77. The molecule has 1 aromatic heterocycles. The molecule has 5 heteroatoms. The second-order valence-corrected chi connectivity index (χ2v) is 4.94. The summed E-state index contributed by atoms with van der Waals surface area (Å²) in [6, 6.07) is 7.88. The van der Waals surface area contributed by atoms with E-state index in [-0.39, 0.29) is 11.8 Å². The van der Waals surface area contributed by atoms with E-state index in [1.54, 1.807) is 12.5 Å². The summed E-state index contributed by atoms with van der Waals surface area (Å²) < 4.78 is 5.63. The quantitative estimate of drug-likeness (QED) is 0.881. The van der Waals surface area contributed by atoms with Crippen LogP contribution in [0.4, 0.5) is 0 Å². The lowest BCUT2D eigenvalue weighted by Crippen LogP contribution is -2.38. The van der Waals surface area contributed by atoms with E-state index >= 15 is 0 Å². The van der Waals surface area contributed by atoms with Gasteiger partial charge in [-0.05, 0) is 18.1 Å². The van der Waals surface area contributed by atoms with E-state index in [0.29, 0.717) is 13.2 Å². The molecule has 0 fully saturated rings. The summed E-state index contributed by atoms with van der Waals surface area (Å²) in [7, 11) is 0. The molecule has 1 aromatic carbocycles. The van der Waals surface area contributed by atoms with Crippen molar-refractivity contribution in [1.82, 2.24) is 15.3 Å². The minimum atomic E-state index is -0.105. The zero-order valence-electron chi connectivity index (χ0n) is 11.1. The Morgan fingerprint density at radius 1 is 1.45 bits per heavy atom. The molecule has 2 heterocycles. The van der Waals surface area contributed by atoms with Gasteiger partial charge >= 0.3 is 0 Å². The van der Waals surface area contributed by atoms with Crippen molar-refractivity contribution in [1.29, 1.82) is 0 Å². The number of amides is 1. The summed E-state index contributed by atoms with van der Waals surface area (Å²) >= 11 is 0. The number of rotatable bonds is 4. The van der Waals surface area contributed by atoms with Gasteiger partial charge in [-0.15, -0.1) is 0 Å². The smallest absolute Gasteiger partial charge is 0.226 e. The first kappa shape index (κ1) is 12.7. The highest BCUT2D eigenvalue weighted by Gasteiger charge is 2.25. The van der Waals surface area contributed by atoms with Crippen molar-refractivity contribution in [2.75, 3.05) is 13.2 Å². The fraction of sp³-hybridized carbons (Fsp3) is 0.333. The number of aromatic nitrogens is 2. The van der Waals surface area contributed by atoms with Crippen LogP contribution in [0.3, 0.4) is 0 Å². The molecule has 2 N–H and O–H groups in total. The number of fused-ring (bicyclic) bond motifs is 1. The number of benzene rings is 1. The maximum absolute atomic E-state index is 12.1. The molecule has 1 aliphatic rings. The van der Waals surface area contributed by atoms with Gasteiger partial charge in [-0.25, -0.2) is 4.98 Å². The normalized spacial score (nSPS) is 17.1. The van der Waals surface area contributed by atoms with Crippen LogP contribution >= 0.6 is 0 Å². The summed E-state index contributed by atoms with van der Waals surface area (Å²) in [6.07, 6.45) is 4.91. The average molecular weight is 271 g/mol. The first-order chi connectivity index (χ1) is 9.83. The number of nitrogens with zero attached hydrogens (tertiary/aromatic N) is 1. The maximum Gasteiger partial charge on any atom is 0.226 e. The van der Waals surface area contributed by atoms with Gasteiger partial charge in [0.05, 0.1) is 12.2 Å². The highest BCUT2D eigenvalue weighted by atomic mass is 16.5. The number of nitrogens with one attached hydrogen (secondary N) is 2. The molecule has 0 spiro atoms. The SMILES string of the molecule is O=C(NCCc1cnc[nH]1)[C@@H]1COc2ccccc2C1. The van der Waals surface area contributed by atoms with E-state index in [1.165, 1.54) is 0 Å². The van der Waals surface area contributed by atoms with Crippen molar-refractivity contribution in [3.05, 3.63) is 48.0 Å². The van der Waals surface area contributed by atoms with Crippen molar-refractivity contribution >= 4 is 5.91 Å². The van der Waals surface area contributed by atoms with Crippen LogP contribution in [-0.2, 0) is 17.6 Å². The Labute approximate surface area is 117 Å². The molecule has 1 aliphatic heterocycles. The zero-order valence-corrected chi connectivity index (χ0v) is 11.1. The molecule has 104 valence electrons. The first-order valence-corrected chi connectivity index (χ1v) is 6.78. The summed E-state index contributed by atoms with van der Waals surface area (Å²) in [6.45, 7) is 1.06. The topological polar surface area (TPSA) is 67.0 Å². The van der Waals surface area contributed by atoms with Crippen LogP contribution in [0.1, 0.15) is 11.3 Å². The van der Waals surface area contributed by atoms with E-state index < -0.39 is 0 Å². The zero-order chi connectivity index (χ0) is 13.8. The third kappa shape index (κ3) is 2.82. The maximum atomic E-state index is 12.1. The third-order valence-corrected chi connectivity index (χ3v) is 3.50. The van der Waals surface area contributed by atoms with Crippen molar-refractivity contribution in [3.8, 4) is 5.75 Å². The molecular formula is C15H17N3O2. The van der Waals surface area contributed by atoms with Crippen LogP contribution in [0.15, 0.2) is 36.8 Å². The van der Waals surface area contributed by atoms with Crippen LogP contribution in [0.25, 0.3) is 0 Å². The molecule has 5 nitrogen and oxygen atoms in total. The van der Waals surface area contributed by atoms with Crippen molar-refractivity contribution in [2.45, 2.75) is 12.8 Å². The molecule has 0 saturated carbocycles. The Morgan fingerprint density at radius 3 is 3.20 bits per heavy atom. The Bertz CT molecular complexity index is 581. The molecule has 2 aromatic rings. The highest BCUT2D eigenvalue weighted by Crippen LogP contribution is 2.26. The van der Waals surface area contributed by atoms with E-state index in [1.807, 2.05) is 24.3 Å². The lowest BCUT2D eigenvalue weighted by atomic mass is 9.96. The van der Waals surface area contributed by atoms with E-state index in [0.717, 1.165) is 29.8 Å². The standard InChI is InChI=1S/C15H17N3O2/c19-15(17-6-5-13-8-16-10-18-13)12-7-11-3-1-2-4-14(11)20-9-12/h1-4,8,10,12H,5-7,9H2,(H,16,18)(H,17,19)/t12-/m0/s1. The summed E-state index contributed by atoms with van der Waals surface area (Å²) in [5, 5.41) is 2.95. The second-order valence-electron chi connectivity index (χ2n) is 4.94. The molecule has 0 bridgehead atoms. The summed E-state index contributed by atoms with van der Waals surface area (Å²) in [5.74, 6) is 0.847. The average Bonchev–Trinajstić information content (AvgIpc) is 3.00. The predicted molar refractivity (Wildman–Crippen MR) is 74.4 cm³/mol. The highest BCUT2D eigenvalue weighted by molar-refractivity contribution is 5.79. The van der Waals surface area contributed by atoms with Crippen LogP contribution in [0.2, 0.25) is 0 Å². The van der Waals surface area contributed by atoms with Gasteiger partial charge in [-0.1, -0.05) is 18.2 Å². The number of carbonyl (C=O) groups excluding carboxylic acids is 1. The molecule has 0 aliphatic carbocycles. The van der Waals surface area contributed by atoms with E-state index in [4.69, 9.17) is 4.74 Å². The van der Waals surface area contributed by atoms with Gasteiger partial charge in [0.2, 0.25) is 5.91 Å². The van der Waals surface area contributed by atoms with Crippen molar-refractivity contribution in [3.63, 3.8) is 0 Å². The Hall–Kier alpha value is -2.30. The fourth-order valence-electron chi connectivity index (χ4n) is 2.38. The Morgan fingerprint density at radius 2 is 2.35 bits per heavy atom. The van der Waals surface area contributed by atoms with Crippen LogP contribution in [0, 0.1) is 5.92 Å². The number of hydrogen-bond donors (Lipinski definition) is 2. The largest absolute Gasteiger partial charge is 0.492 e. The lowest BCUT2D eigenvalue weighted by Gasteiger charge is -2.24. The molecule has 20 heavy (non-hydrogen) atoms. The number of ether oxygens (including phenoxy) is 1. The van der Waals surface area contributed by atoms with Crippen molar-refractivity contribution < 1.29 is 9.53 Å². The van der Waals surface area contributed by atoms with Gasteiger partial charge in [-0.2, -0.15) is 0 Å². The molecular weight excluding hydrogens is 254 g/mol. The molecule has 3 rings (SSSR count). The number of H-pyrrole nitrogens is 1. The number of hydrogen-bond acceptors (Lipinski definition) is 3. The number of para-hydroxylation sites is 1. The number of imidazole rings is 1. The van der Waals surface area contributed by atoms with E-state index in [9.17, 15) is 4.79 Å². The molecule has 0 radical (unpaired) electrons. The number of aromatic amines is 1. The summed E-state index contributed by atoms with van der Waals surface area (Å²) in [5.41, 5.74) is 2.13. The number of carbonyl (C=O) groups is 1. The van der Waals surface area contributed by atoms with E-state index in [2.05, 4.69) is 15.3 Å². The van der Waals surface area contributed by atoms with Crippen LogP contribution < -0.4 is 10.1 Å². The molecule has 0 unspecified atom stereocenters. The molecule has 0 saturated heterocycles. The van der Waals surface area contributed by atoms with Gasteiger partial charge in [0.25, 0.3) is 0 Å². The van der Waals surface area contributed by atoms with Gasteiger partial charge in [0, 0.05) is 24.9 Å². The van der Waals surface area contributed by atoms with Crippen molar-refractivity contribution in [2.24, 2.45) is 5.92 Å². The fourth-order valence-corrected chi connectivity index (χ4v) is 2.38. The Balaban J connectivity index is 1.51. The minimum Gasteiger partial charge on any atom is -0.492 e. The lowest BCUT2D eigenvalue weighted by molar-refractivity contribution is -0.126. The van der Waals surface area contributed by atoms with Gasteiger partial charge in [-0.3, -0.25) is 4.79 Å². The monoisotopic (exact) mass is 271 g/mol. The summed E-state index contributed by atoms with van der Waals surface area (Å²) in [4.78, 5) is 19.1. The first-order valence-electron chi connectivity index (χ1n) is 6.78. The van der Waals surface area contributed by atoms with Gasteiger partial charge < -0.3 is 15.0 Å². The Kier molecular flexibility index (Phi) is 3.67. The molecule has 1 amide bonds. The van der Waals surface area contributed by atoms with Crippen LogP contribution in [0.5, 0.6) is 5.75 Å². The van der Waals surface area contributed by atoms with Gasteiger partial charge in [0.1, 0.15) is 12.4 Å². The minimum absolute atomic E-state index is 0.0546. The molecule has 1 atom stereocenters. The van der Waals surface area contributed by atoms with Crippen LogP contribution in [-0.4, -0.2) is 29.0 Å². The van der Waals surface area contributed by atoms with Gasteiger partial charge in [0.15, 0.2) is 0 Å². The predicted octanol–water partition coefficient (Wildman–Crippen LogP) is 1.32.